The summed E-state index contributed by atoms with van der Waals surface area (Å²) in [6, 6.07) is 0. The zero-order valence-electron chi connectivity index (χ0n) is 9.80. The van der Waals surface area contributed by atoms with E-state index in [1.54, 1.807) is 0 Å². The molecule has 0 aliphatic carbocycles. The monoisotopic (exact) mass is 201 g/mol. The fourth-order valence-corrected chi connectivity index (χ4v) is 1.01. The summed E-state index contributed by atoms with van der Waals surface area (Å²) in [6.07, 6.45) is 1.64. The topological polar surface area (TPSA) is 52.3 Å². The van der Waals surface area contributed by atoms with Crippen LogP contribution in [0.25, 0.3) is 0 Å². The maximum absolute atomic E-state index is 11.4. The molecule has 0 fully saturated rings. The minimum absolute atomic E-state index is 0.130. The maximum atomic E-state index is 11.4. The summed E-state index contributed by atoms with van der Waals surface area (Å²) in [5.41, 5.74) is 5.65. The summed E-state index contributed by atoms with van der Waals surface area (Å²) >= 11 is 0. The molecule has 0 saturated heterocycles. The van der Waals surface area contributed by atoms with E-state index in [-0.39, 0.29) is 17.3 Å². The first-order valence-corrected chi connectivity index (χ1v) is 5.27. The predicted octanol–water partition coefficient (Wildman–Crippen LogP) is 1.95. The summed E-state index contributed by atoms with van der Waals surface area (Å²) in [4.78, 5) is 11.4. The van der Waals surface area contributed by atoms with Gasteiger partial charge in [0.15, 0.2) is 0 Å². The summed E-state index contributed by atoms with van der Waals surface area (Å²) in [6.45, 7) is 9.20. The Morgan fingerprint density at radius 3 is 2.36 bits per heavy atom. The fraction of sp³-hybridized carbons (Fsp3) is 0.909. The lowest BCUT2D eigenvalue weighted by molar-refractivity contribution is -0.148. The van der Waals surface area contributed by atoms with E-state index in [2.05, 4.69) is 20.8 Å². The van der Waals surface area contributed by atoms with Crippen LogP contribution in [0.5, 0.6) is 0 Å². The van der Waals surface area contributed by atoms with Crippen LogP contribution < -0.4 is 5.73 Å². The van der Waals surface area contributed by atoms with Gasteiger partial charge in [0.25, 0.3) is 0 Å². The molecule has 3 nitrogen and oxygen atoms in total. The van der Waals surface area contributed by atoms with Crippen LogP contribution in [-0.4, -0.2) is 19.1 Å². The Morgan fingerprint density at radius 1 is 1.43 bits per heavy atom. The molecule has 0 aromatic heterocycles. The van der Waals surface area contributed by atoms with Gasteiger partial charge in [-0.25, -0.2) is 0 Å². The summed E-state index contributed by atoms with van der Waals surface area (Å²) in [7, 11) is 0. The van der Waals surface area contributed by atoms with Crippen molar-refractivity contribution in [1.82, 2.24) is 0 Å². The van der Waals surface area contributed by atoms with Gasteiger partial charge in [0.2, 0.25) is 0 Å². The second-order valence-corrected chi connectivity index (χ2v) is 4.82. The molecule has 0 aliphatic rings. The highest BCUT2D eigenvalue weighted by atomic mass is 16.5. The summed E-state index contributed by atoms with van der Waals surface area (Å²) < 4.78 is 5.14. The normalized spacial score (nSPS) is 13.8. The molecule has 0 amide bonds. The van der Waals surface area contributed by atoms with Gasteiger partial charge < -0.3 is 10.5 Å². The third-order valence-electron chi connectivity index (χ3n) is 2.21. The molecule has 3 heteroatoms. The van der Waals surface area contributed by atoms with E-state index < -0.39 is 0 Å². The van der Waals surface area contributed by atoms with Gasteiger partial charge >= 0.3 is 5.97 Å². The van der Waals surface area contributed by atoms with E-state index >= 15 is 0 Å². The number of rotatable bonds is 5. The molecule has 0 radical (unpaired) electrons. The molecule has 0 heterocycles. The van der Waals surface area contributed by atoms with Crippen molar-refractivity contribution in [1.29, 1.82) is 0 Å². The quantitative estimate of drug-likeness (QED) is 0.692. The largest absolute Gasteiger partial charge is 0.465 e. The molecule has 2 N–H and O–H groups in total. The van der Waals surface area contributed by atoms with Crippen molar-refractivity contribution in [2.24, 2.45) is 17.1 Å². The Hall–Kier alpha value is -0.570. The number of hydrogen-bond acceptors (Lipinski definition) is 3. The number of nitrogens with two attached hydrogens (primary N) is 1. The first-order valence-electron chi connectivity index (χ1n) is 5.27. The maximum Gasteiger partial charge on any atom is 0.310 e. The number of hydrogen-bond donors (Lipinski definition) is 1. The van der Waals surface area contributed by atoms with E-state index in [9.17, 15) is 4.79 Å². The Labute approximate surface area is 87.0 Å². The zero-order chi connectivity index (χ0) is 11.2. The van der Waals surface area contributed by atoms with Crippen molar-refractivity contribution < 1.29 is 9.53 Å². The molecule has 0 bridgehead atoms. The fourth-order valence-electron chi connectivity index (χ4n) is 1.01. The minimum atomic E-state index is -0.153. The van der Waals surface area contributed by atoms with Crippen LogP contribution in [0.3, 0.4) is 0 Å². The van der Waals surface area contributed by atoms with Crippen molar-refractivity contribution in [2.75, 3.05) is 13.2 Å². The van der Waals surface area contributed by atoms with Crippen LogP contribution >= 0.6 is 0 Å². The van der Waals surface area contributed by atoms with E-state index in [1.807, 2.05) is 6.92 Å². The highest BCUT2D eigenvalue weighted by molar-refractivity contribution is 5.72. The van der Waals surface area contributed by atoms with Gasteiger partial charge in [0.1, 0.15) is 0 Å². The zero-order valence-corrected chi connectivity index (χ0v) is 9.80. The van der Waals surface area contributed by atoms with Gasteiger partial charge in [-0.05, 0) is 18.3 Å². The molecular weight excluding hydrogens is 178 g/mol. The van der Waals surface area contributed by atoms with Gasteiger partial charge in [-0.2, -0.15) is 0 Å². The van der Waals surface area contributed by atoms with Crippen LogP contribution in [0.4, 0.5) is 0 Å². The average Bonchev–Trinajstić information content (AvgIpc) is 2.04. The van der Waals surface area contributed by atoms with E-state index in [0.717, 1.165) is 12.8 Å². The van der Waals surface area contributed by atoms with Crippen LogP contribution in [-0.2, 0) is 9.53 Å². The van der Waals surface area contributed by atoms with Crippen molar-refractivity contribution in [3.05, 3.63) is 0 Å². The molecule has 0 aromatic carbocycles. The molecule has 1 atom stereocenters. The van der Waals surface area contributed by atoms with Crippen molar-refractivity contribution in [3.8, 4) is 0 Å². The number of esters is 1. The van der Waals surface area contributed by atoms with Crippen molar-refractivity contribution >= 4 is 5.97 Å². The molecule has 84 valence electrons. The third-order valence-corrected chi connectivity index (χ3v) is 2.21. The molecule has 1 unspecified atom stereocenters. The van der Waals surface area contributed by atoms with Gasteiger partial charge in [0.05, 0.1) is 12.5 Å². The number of ether oxygens (including phenoxy) is 1. The van der Waals surface area contributed by atoms with Crippen LogP contribution in [0.15, 0.2) is 0 Å². The average molecular weight is 201 g/mol. The minimum Gasteiger partial charge on any atom is -0.465 e. The highest BCUT2D eigenvalue weighted by Gasteiger charge is 2.17. The lowest BCUT2D eigenvalue weighted by Crippen LogP contribution is -2.26. The van der Waals surface area contributed by atoms with Gasteiger partial charge in [-0.15, -0.1) is 0 Å². The van der Waals surface area contributed by atoms with Crippen LogP contribution in [0, 0.1) is 11.3 Å². The number of carbonyl (C=O) groups is 1. The van der Waals surface area contributed by atoms with Gasteiger partial charge in [-0.1, -0.05) is 27.7 Å². The van der Waals surface area contributed by atoms with Crippen LogP contribution in [0.1, 0.15) is 40.5 Å². The van der Waals surface area contributed by atoms with Crippen molar-refractivity contribution in [3.63, 3.8) is 0 Å². The third kappa shape index (κ3) is 5.97. The Balaban J connectivity index is 3.74. The molecule has 14 heavy (non-hydrogen) atoms. The van der Waals surface area contributed by atoms with Crippen LogP contribution in [0.2, 0.25) is 0 Å². The number of carbonyl (C=O) groups excluding carboxylic acids is 1. The van der Waals surface area contributed by atoms with Crippen molar-refractivity contribution in [2.45, 2.75) is 40.5 Å². The lowest BCUT2D eigenvalue weighted by Gasteiger charge is -2.18. The molecule has 0 saturated carbocycles. The van der Waals surface area contributed by atoms with Gasteiger partial charge in [-0.3, -0.25) is 4.79 Å². The SMILES string of the molecule is CCC(CN)C(=O)OCCC(C)(C)C. The second kappa shape index (κ2) is 6.02. The highest BCUT2D eigenvalue weighted by Crippen LogP contribution is 2.18. The van der Waals surface area contributed by atoms with Gasteiger partial charge in [0, 0.05) is 6.54 Å². The van der Waals surface area contributed by atoms with E-state index in [4.69, 9.17) is 10.5 Å². The standard InChI is InChI=1S/C11H23NO2/c1-5-9(8-12)10(13)14-7-6-11(2,3)4/h9H,5-8,12H2,1-4H3. The lowest BCUT2D eigenvalue weighted by atomic mass is 9.93. The smallest absolute Gasteiger partial charge is 0.310 e. The molecule has 0 spiro atoms. The molecule has 0 aliphatic heterocycles. The Kier molecular flexibility index (Phi) is 5.77. The van der Waals surface area contributed by atoms with E-state index in [1.165, 1.54) is 0 Å². The first kappa shape index (κ1) is 13.4. The molecule has 0 aromatic rings. The molecular formula is C11H23NO2. The molecule has 0 rings (SSSR count). The second-order valence-electron chi connectivity index (χ2n) is 4.82. The van der Waals surface area contributed by atoms with E-state index in [0.29, 0.717) is 13.2 Å². The Bertz CT molecular complexity index is 169. The first-order chi connectivity index (χ1) is 6.40. The Morgan fingerprint density at radius 2 is 2.00 bits per heavy atom. The predicted molar refractivity (Wildman–Crippen MR) is 57.9 cm³/mol. The summed E-state index contributed by atoms with van der Waals surface area (Å²) in [5, 5.41) is 0. The summed E-state index contributed by atoms with van der Waals surface area (Å²) in [5.74, 6) is -0.283.